The summed E-state index contributed by atoms with van der Waals surface area (Å²) in [5.74, 6) is 0.939. The van der Waals surface area contributed by atoms with E-state index in [-0.39, 0.29) is 10.8 Å². The number of anilines is 1. The largest absolute Gasteiger partial charge is 0.457 e. The smallest absolute Gasteiger partial charge is 0.255 e. The second-order valence-corrected chi connectivity index (χ2v) is 8.97. The highest BCUT2D eigenvalue weighted by Crippen LogP contribution is 2.24. The van der Waals surface area contributed by atoms with Crippen LogP contribution in [0.3, 0.4) is 0 Å². The first-order valence-corrected chi connectivity index (χ1v) is 11.2. The summed E-state index contributed by atoms with van der Waals surface area (Å²) in [6.07, 6.45) is 1.78. The van der Waals surface area contributed by atoms with Gasteiger partial charge in [-0.25, -0.2) is 8.42 Å². The Bertz CT molecular complexity index is 1120. The van der Waals surface area contributed by atoms with Crippen LogP contribution >= 0.6 is 0 Å². The summed E-state index contributed by atoms with van der Waals surface area (Å²) in [4.78, 5) is 12.9. The summed E-state index contributed by atoms with van der Waals surface area (Å²) in [5.41, 5.74) is 0.965. The van der Waals surface area contributed by atoms with Crippen LogP contribution in [0.4, 0.5) is 5.69 Å². The topological polar surface area (TPSA) is 75.7 Å². The molecule has 0 bridgehead atoms. The fourth-order valence-electron chi connectivity index (χ4n) is 3.32. The van der Waals surface area contributed by atoms with E-state index in [0.717, 1.165) is 12.8 Å². The average Bonchev–Trinajstić information content (AvgIpc) is 3.31. The number of hydrogen-bond donors (Lipinski definition) is 1. The van der Waals surface area contributed by atoms with Gasteiger partial charge in [0.15, 0.2) is 0 Å². The van der Waals surface area contributed by atoms with Crippen LogP contribution in [0, 0.1) is 0 Å². The van der Waals surface area contributed by atoms with Gasteiger partial charge in [-0.05, 0) is 67.4 Å². The number of carbonyl (C=O) groups is 1. The molecule has 0 spiro atoms. The Morgan fingerprint density at radius 1 is 0.833 bits per heavy atom. The molecule has 1 heterocycles. The zero-order valence-electron chi connectivity index (χ0n) is 16.3. The molecule has 1 fully saturated rings. The molecule has 30 heavy (non-hydrogen) atoms. The van der Waals surface area contributed by atoms with E-state index in [1.165, 1.54) is 16.4 Å². The minimum atomic E-state index is -3.47. The molecule has 0 aliphatic carbocycles. The second-order valence-electron chi connectivity index (χ2n) is 7.03. The third-order valence-corrected chi connectivity index (χ3v) is 6.80. The van der Waals surface area contributed by atoms with Gasteiger partial charge < -0.3 is 10.1 Å². The SMILES string of the molecule is O=C(Nc1ccc(S(=O)(=O)N2CCCC2)cc1)c1cccc(Oc2ccccc2)c1. The van der Waals surface area contributed by atoms with Gasteiger partial charge >= 0.3 is 0 Å². The number of para-hydroxylation sites is 1. The molecule has 6 nitrogen and oxygen atoms in total. The molecule has 1 amide bonds. The number of carbonyl (C=O) groups excluding carboxylic acids is 1. The van der Waals surface area contributed by atoms with Crippen molar-refractivity contribution in [3.63, 3.8) is 0 Å². The van der Waals surface area contributed by atoms with E-state index in [4.69, 9.17) is 4.74 Å². The molecule has 3 aromatic rings. The molecule has 0 radical (unpaired) electrons. The van der Waals surface area contributed by atoms with Gasteiger partial charge in [0.05, 0.1) is 4.90 Å². The molecule has 1 aliphatic heterocycles. The van der Waals surface area contributed by atoms with Crippen molar-refractivity contribution in [3.8, 4) is 11.5 Å². The lowest BCUT2D eigenvalue weighted by Gasteiger charge is -2.15. The summed E-state index contributed by atoms with van der Waals surface area (Å²) in [5, 5.41) is 2.79. The van der Waals surface area contributed by atoms with E-state index in [9.17, 15) is 13.2 Å². The van der Waals surface area contributed by atoms with E-state index >= 15 is 0 Å². The zero-order valence-corrected chi connectivity index (χ0v) is 17.1. The predicted molar refractivity (Wildman–Crippen MR) is 115 cm³/mol. The molecule has 1 N–H and O–H groups in total. The highest BCUT2D eigenvalue weighted by Gasteiger charge is 2.26. The van der Waals surface area contributed by atoms with Gasteiger partial charge in [-0.2, -0.15) is 4.31 Å². The monoisotopic (exact) mass is 422 g/mol. The van der Waals surface area contributed by atoms with Crippen LogP contribution in [0.5, 0.6) is 11.5 Å². The van der Waals surface area contributed by atoms with E-state index in [2.05, 4.69) is 5.32 Å². The van der Waals surface area contributed by atoms with Gasteiger partial charge in [0.2, 0.25) is 10.0 Å². The molecule has 0 atom stereocenters. The van der Waals surface area contributed by atoms with Gasteiger partial charge in [-0.3, -0.25) is 4.79 Å². The van der Waals surface area contributed by atoms with Crippen LogP contribution < -0.4 is 10.1 Å². The number of ether oxygens (including phenoxy) is 1. The molecule has 1 saturated heterocycles. The first-order valence-electron chi connectivity index (χ1n) is 9.77. The fourth-order valence-corrected chi connectivity index (χ4v) is 4.83. The Labute approximate surface area is 176 Å². The molecule has 3 aromatic carbocycles. The number of hydrogen-bond acceptors (Lipinski definition) is 4. The fraction of sp³-hybridized carbons (Fsp3) is 0.174. The molecule has 4 rings (SSSR count). The van der Waals surface area contributed by atoms with Gasteiger partial charge in [0.25, 0.3) is 5.91 Å². The van der Waals surface area contributed by atoms with Crippen LogP contribution in [0.1, 0.15) is 23.2 Å². The Morgan fingerprint density at radius 3 is 2.20 bits per heavy atom. The lowest BCUT2D eigenvalue weighted by molar-refractivity contribution is 0.102. The lowest BCUT2D eigenvalue weighted by atomic mass is 10.2. The molecule has 1 aliphatic rings. The Kier molecular flexibility index (Phi) is 5.83. The maximum Gasteiger partial charge on any atom is 0.255 e. The molecule has 0 unspecified atom stereocenters. The summed E-state index contributed by atoms with van der Waals surface area (Å²) in [6, 6.07) is 22.5. The quantitative estimate of drug-likeness (QED) is 0.634. The molecule has 154 valence electrons. The highest BCUT2D eigenvalue weighted by molar-refractivity contribution is 7.89. The number of rotatable bonds is 6. The van der Waals surface area contributed by atoms with Crippen LogP contribution in [0.15, 0.2) is 83.8 Å². The number of amides is 1. The van der Waals surface area contributed by atoms with Crippen molar-refractivity contribution < 1.29 is 17.9 Å². The summed E-state index contributed by atoms with van der Waals surface area (Å²) < 4.78 is 32.5. The van der Waals surface area contributed by atoms with E-state index in [1.54, 1.807) is 36.4 Å². The van der Waals surface area contributed by atoms with Crippen molar-refractivity contribution in [2.75, 3.05) is 18.4 Å². The summed E-state index contributed by atoms with van der Waals surface area (Å²) in [6.45, 7) is 1.12. The molecule has 7 heteroatoms. The van der Waals surface area contributed by atoms with Crippen molar-refractivity contribution in [3.05, 3.63) is 84.4 Å². The maximum atomic E-state index is 12.6. The highest BCUT2D eigenvalue weighted by atomic mass is 32.2. The van der Waals surface area contributed by atoms with Crippen LogP contribution in [0.2, 0.25) is 0 Å². The van der Waals surface area contributed by atoms with Gasteiger partial charge in [-0.1, -0.05) is 24.3 Å². The first kappa shape index (κ1) is 20.1. The van der Waals surface area contributed by atoms with E-state index in [1.807, 2.05) is 30.3 Å². The van der Waals surface area contributed by atoms with Crippen LogP contribution in [-0.4, -0.2) is 31.7 Å². The van der Waals surface area contributed by atoms with Crippen molar-refractivity contribution in [1.29, 1.82) is 0 Å². The lowest BCUT2D eigenvalue weighted by Crippen LogP contribution is -2.27. The zero-order chi connectivity index (χ0) is 21.0. The number of nitrogens with zero attached hydrogens (tertiary/aromatic N) is 1. The van der Waals surface area contributed by atoms with Crippen LogP contribution in [0.25, 0.3) is 0 Å². The summed E-state index contributed by atoms with van der Waals surface area (Å²) >= 11 is 0. The number of benzene rings is 3. The summed E-state index contributed by atoms with van der Waals surface area (Å²) in [7, 11) is -3.47. The average molecular weight is 423 g/mol. The standard InChI is InChI=1S/C23H22N2O4S/c26-23(18-7-6-10-21(17-18)29-20-8-2-1-3-9-20)24-19-11-13-22(14-12-19)30(27,28)25-15-4-5-16-25/h1-3,6-14,17H,4-5,15-16H2,(H,24,26). The predicted octanol–water partition coefficient (Wildman–Crippen LogP) is 4.52. The van der Waals surface area contributed by atoms with E-state index in [0.29, 0.717) is 35.8 Å². The molecule has 0 aromatic heterocycles. The molecular weight excluding hydrogens is 400 g/mol. The van der Waals surface area contributed by atoms with Gasteiger partial charge in [0.1, 0.15) is 11.5 Å². The van der Waals surface area contributed by atoms with Gasteiger partial charge in [-0.15, -0.1) is 0 Å². The third-order valence-electron chi connectivity index (χ3n) is 4.89. The van der Waals surface area contributed by atoms with Crippen LogP contribution in [-0.2, 0) is 10.0 Å². The van der Waals surface area contributed by atoms with Crippen molar-refractivity contribution in [2.45, 2.75) is 17.7 Å². The Morgan fingerprint density at radius 2 is 1.50 bits per heavy atom. The Balaban J connectivity index is 1.44. The minimum Gasteiger partial charge on any atom is -0.457 e. The number of nitrogens with one attached hydrogen (secondary N) is 1. The normalized spacial score (nSPS) is 14.4. The third kappa shape index (κ3) is 4.53. The maximum absolute atomic E-state index is 12.6. The molecular formula is C23H22N2O4S. The van der Waals surface area contributed by atoms with Crippen molar-refractivity contribution in [2.24, 2.45) is 0 Å². The molecule has 0 saturated carbocycles. The Hall–Kier alpha value is -3.16. The minimum absolute atomic E-state index is 0.237. The number of sulfonamides is 1. The van der Waals surface area contributed by atoms with Crippen molar-refractivity contribution in [1.82, 2.24) is 4.31 Å². The second kappa shape index (κ2) is 8.69. The van der Waals surface area contributed by atoms with Crippen molar-refractivity contribution >= 4 is 21.6 Å². The first-order chi connectivity index (χ1) is 14.5. The van der Waals surface area contributed by atoms with Gasteiger partial charge in [0, 0.05) is 24.3 Å². The van der Waals surface area contributed by atoms with E-state index < -0.39 is 10.0 Å².